The van der Waals surface area contributed by atoms with Crippen molar-refractivity contribution in [2.45, 2.75) is 5.92 Å². The van der Waals surface area contributed by atoms with Gasteiger partial charge in [-0.15, -0.1) is 0 Å². The van der Waals surface area contributed by atoms with Gasteiger partial charge in [0, 0.05) is 42.7 Å². The van der Waals surface area contributed by atoms with Crippen molar-refractivity contribution in [2.24, 2.45) is 7.05 Å². The van der Waals surface area contributed by atoms with Crippen LogP contribution in [0.15, 0.2) is 49.1 Å². The van der Waals surface area contributed by atoms with E-state index in [1.807, 2.05) is 37.6 Å². The molecule has 0 aliphatic heterocycles. The van der Waals surface area contributed by atoms with Crippen molar-refractivity contribution < 1.29 is 4.74 Å². The number of rotatable bonds is 4. The molecule has 0 saturated heterocycles. The SMILES string of the molecule is COc1ccc(Cl)c(Cl)c1C(c1ccncc1)c1cnn(C)c1. The lowest BCUT2D eigenvalue weighted by Crippen LogP contribution is -2.06. The zero-order valence-corrected chi connectivity index (χ0v) is 14.2. The first-order valence-corrected chi connectivity index (χ1v) is 7.77. The molecule has 2 aromatic heterocycles. The minimum Gasteiger partial charge on any atom is -0.496 e. The highest BCUT2D eigenvalue weighted by Gasteiger charge is 2.25. The van der Waals surface area contributed by atoms with E-state index >= 15 is 0 Å². The van der Waals surface area contributed by atoms with E-state index in [1.165, 1.54) is 0 Å². The molecule has 118 valence electrons. The predicted octanol–water partition coefficient (Wildman–Crippen LogP) is 4.31. The van der Waals surface area contributed by atoms with Gasteiger partial charge in [-0.1, -0.05) is 23.2 Å². The van der Waals surface area contributed by atoms with Crippen molar-refractivity contribution in [3.63, 3.8) is 0 Å². The lowest BCUT2D eigenvalue weighted by atomic mass is 9.86. The molecule has 3 rings (SSSR count). The fourth-order valence-electron chi connectivity index (χ4n) is 2.67. The van der Waals surface area contributed by atoms with Gasteiger partial charge in [0.05, 0.1) is 23.4 Å². The molecule has 23 heavy (non-hydrogen) atoms. The van der Waals surface area contributed by atoms with Gasteiger partial charge < -0.3 is 4.74 Å². The van der Waals surface area contributed by atoms with Gasteiger partial charge in [-0.05, 0) is 29.8 Å². The van der Waals surface area contributed by atoms with Crippen LogP contribution in [0, 0.1) is 0 Å². The summed E-state index contributed by atoms with van der Waals surface area (Å²) in [4.78, 5) is 4.09. The second-order valence-corrected chi connectivity index (χ2v) is 5.92. The Morgan fingerprint density at radius 3 is 2.43 bits per heavy atom. The molecule has 0 N–H and O–H groups in total. The van der Waals surface area contributed by atoms with Gasteiger partial charge in [-0.3, -0.25) is 9.67 Å². The summed E-state index contributed by atoms with van der Waals surface area (Å²) in [6.45, 7) is 0. The van der Waals surface area contributed by atoms with Gasteiger partial charge in [0.1, 0.15) is 5.75 Å². The van der Waals surface area contributed by atoms with Crippen LogP contribution in [0.25, 0.3) is 0 Å². The van der Waals surface area contributed by atoms with E-state index in [-0.39, 0.29) is 5.92 Å². The van der Waals surface area contributed by atoms with E-state index in [4.69, 9.17) is 27.9 Å². The van der Waals surface area contributed by atoms with Crippen molar-refractivity contribution in [1.82, 2.24) is 14.8 Å². The summed E-state index contributed by atoms with van der Waals surface area (Å²) < 4.78 is 7.28. The van der Waals surface area contributed by atoms with Crippen LogP contribution < -0.4 is 4.74 Å². The van der Waals surface area contributed by atoms with E-state index < -0.39 is 0 Å². The van der Waals surface area contributed by atoms with Gasteiger partial charge >= 0.3 is 0 Å². The van der Waals surface area contributed by atoms with Crippen molar-refractivity contribution in [3.05, 3.63) is 75.8 Å². The number of nitrogens with zero attached hydrogens (tertiary/aromatic N) is 3. The quantitative estimate of drug-likeness (QED) is 0.705. The highest BCUT2D eigenvalue weighted by Crippen LogP contribution is 2.43. The molecule has 0 bridgehead atoms. The van der Waals surface area contributed by atoms with Crippen LogP contribution >= 0.6 is 23.2 Å². The molecule has 0 amide bonds. The van der Waals surface area contributed by atoms with Crippen LogP contribution in [0.1, 0.15) is 22.6 Å². The van der Waals surface area contributed by atoms with Gasteiger partial charge in [0.2, 0.25) is 0 Å². The van der Waals surface area contributed by atoms with E-state index in [0.29, 0.717) is 15.8 Å². The number of aryl methyl sites for hydroxylation is 1. The Morgan fingerprint density at radius 1 is 1.09 bits per heavy atom. The summed E-state index contributed by atoms with van der Waals surface area (Å²) >= 11 is 12.8. The average Bonchev–Trinajstić information content (AvgIpc) is 2.99. The molecule has 0 aliphatic rings. The van der Waals surface area contributed by atoms with E-state index in [0.717, 1.165) is 16.7 Å². The normalized spacial score (nSPS) is 12.2. The topological polar surface area (TPSA) is 39.9 Å². The van der Waals surface area contributed by atoms with Crippen LogP contribution in [-0.4, -0.2) is 21.9 Å². The molecule has 6 heteroatoms. The highest BCUT2D eigenvalue weighted by atomic mass is 35.5. The lowest BCUT2D eigenvalue weighted by Gasteiger charge is -2.21. The van der Waals surface area contributed by atoms with Gasteiger partial charge in [-0.2, -0.15) is 5.10 Å². The van der Waals surface area contributed by atoms with Crippen LogP contribution in [0.3, 0.4) is 0 Å². The average molecular weight is 348 g/mol. The summed E-state index contributed by atoms with van der Waals surface area (Å²) in [7, 11) is 3.50. The molecular formula is C17H15Cl2N3O. The Labute approximate surface area is 144 Å². The molecule has 0 fully saturated rings. The molecule has 2 heterocycles. The maximum absolute atomic E-state index is 6.52. The third-order valence-corrected chi connectivity index (χ3v) is 4.52. The number of halogens is 2. The molecule has 0 radical (unpaired) electrons. The van der Waals surface area contributed by atoms with Crippen molar-refractivity contribution in [1.29, 1.82) is 0 Å². The predicted molar refractivity (Wildman–Crippen MR) is 91.4 cm³/mol. The number of aromatic nitrogens is 3. The van der Waals surface area contributed by atoms with Crippen LogP contribution in [0.5, 0.6) is 5.75 Å². The van der Waals surface area contributed by atoms with Gasteiger partial charge in [0.15, 0.2) is 0 Å². The van der Waals surface area contributed by atoms with E-state index in [9.17, 15) is 0 Å². The monoisotopic (exact) mass is 347 g/mol. The Balaban J connectivity index is 2.27. The maximum atomic E-state index is 6.52. The smallest absolute Gasteiger partial charge is 0.124 e. The second-order valence-electron chi connectivity index (χ2n) is 5.14. The Kier molecular flexibility index (Phi) is 4.55. The third-order valence-electron chi connectivity index (χ3n) is 3.70. The molecule has 4 nitrogen and oxygen atoms in total. The molecule has 1 atom stereocenters. The standard InChI is InChI=1S/C17H15Cl2N3O/c1-22-10-12(9-21-22)15(11-5-7-20-8-6-11)16-14(23-2)4-3-13(18)17(16)19/h3-10,15H,1-2H3. The van der Waals surface area contributed by atoms with Crippen LogP contribution in [0.4, 0.5) is 0 Å². The maximum Gasteiger partial charge on any atom is 0.124 e. The van der Waals surface area contributed by atoms with E-state index in [2.05, 4.69) is 10.1 Å². The number of ether oxygens (including phenoxy) is 1. The van der Waals surface area contributed by atoms with Crippen molar-refractivity contribution in [2.75, 3.05) is 7.11 Å². The number of hydrogen-bond donors (Lipinski definition) is 0. The summed E-state index contributed by atoms with van der Waals surface area (Å²) in [5.41, 5.74) is 2.86. The number of benzene rings is 1. The molecule has 0 saturated carbocycles. The minimum atomic E-state index is -0.146. The fourth-order valence-corrected chi connectivity index (χ4v) is 3.10. The minimum absolute atomic E-state index is 0.146. The molecular weight excluding hydrogens is 333 g/mol. The Morgan fingerprint density at radius 2 is 1.83 bits per heavy atom. The number of pyridine rings is 1. The third kappa shape index (κ3) is 3.05. The summed E-state index contributed by atoms with van der Waals surface area (Å²) in [5, 5.41) is 5.25. The van der Waals surface area contributed by atoms with E-state index in [1.54, 1.807) is 30.3 Å². The summed E-state index contributed by atoms with van der Waals surface area (Å²) in [5.74, 6) is 0.540. The van der Waals surface area contributed by atoms with Crippen molar-refractivity contribution >= 4 is 23.2 Å². The molecule has 3 aromatic rings. The first-order chi connectivity index (χ1) is 11.1. The van der Waals surface area contributed by atoms with Crippen LogP contribution in [0.2, 0.25) is 10.0 Å². The second kappa shape index (κ2) is 6.60. The first-order valence-electron chi connectivity index (χ1n) is 7.02. The van der Waals surface area contributed by atoms with Gasteiger partial charge in [-0.25, -0.2) is 0 Å². The lowest BCUT2D eigenvalue weighted by molar-refractivity contribution is 0.409. The molecule has 1 aromatic carbocycles. The molecule has 0 spiro atoms. The summed E-state index contributed by atoms with van der Waals surface area (Å²) in [6.07, 6.45) is 7.29. The summed E-state index contributed by atoms with van der Waals surface area (Å²) in [6, 6.07) is 7.47. The van der Waals surface area contributed by atoms with Gasteiger partial charge in [0.25, 0.3) is 0 Å². The number of hydrogen-bond acceptors (Lipinski definition) is 3. The Hall–Kier alpha value is -2.04. The zero-order valence-electron chi connectivity index (χ0n) is 12.7. The van der Waals surface area contributed by atoms with Crippen LogP contribution in [-0.2, 0) is 7.05 Å². The zero-order chi connectivity index (χ0) is 16.4. The first kappa shape index (κ1) is 15.8. The number of methoxy groups -OCH3 is 1. The van der Waals surface area contributed by atoms with Crippen molar-refractivity contribution in [3.8, 4) is 5.75 Å². The molecule has 1 unspecified atom stereocenters. The fraction of sp³-hybridized carbons (Fsp3) is 0.176. The highest BCUT2D eigenvalue weighted by molar-refractivity contribution is 6.42. The molecule has 0 aliphatic carbocycles. The largest absolute Gasteiger partial charge is 0.496 e. The Bertz CT molecular complexity index is 818.